The quantitative estimate of drug-likeness (QED) is 0.844. The molecule has 0 radical (unpaired) electrons. The fraction of sp³-hybridized carbons (Fsp3) is 0.545. The third kappa shape index (κ3) is 3.91. The van der Waals surface area contributed by atoms with Crippen LogP contribution in [0.5, 0.6) is 0 Å². The van der Waals surface area contributed by atoms with Crippen LogP contribution in [0.2, 0.25) is 0 Å². The maximum Gasteiger partial charge on any atom is 0.231 e. The second-order valence-corrected chi connectivity index (χ2v) is 6.47. The zero-order valence-electron chi connectivity index (χ0n) is 12.4. The lowest BCUT2D eigenvalue weighted by Gasteiger charge is -2.18. The Kier molecular flexibility index (Phi) is 5.12. The molecule has 0 atom stereocenters. The highest BCUT2D eigenvalue weighted by Gasteiger charge is 2.13. The van der Waals surface area contributed by atoms with Crippen molar-refractivity contribution in [2.45, 2.75) is 23.3 Å². The summed E-state index contributed by atoms with van der Waals surface area (Å²) in [6, 6.07) is 0. The highest BCUT2D eigenvalue weighted by atomic mass is 32.2. The minimum Gasteiger partial charge on any atom is -0.368 e. The van der Waals surface area contributed by atoms with Gasteiger partial charge in [-0.1, -0.05) is 11.3 Å². The van der Waals surface area contributed by atoms with E-state index >= 15 is 0 Å². The molecule has 0 aliphatic rings. The molecule has 0 spiro atoms. The first kappa shape index (κ1) is 15.7. The molecule has 0 amide bonds. The van der Waals surface area contributed by atoms with Crippen LogP contribution >= 0.6 is 23.1 Å². The Morgan fingerprint density at radius 2 is 1.81 bits per heavy atom. The van der Waals surface area contributed by atoms with E-state index in [1.165, 1.54) is 23.1 Å². The van der Waals surface area contributed by atoms with Crippen molar-refractivity contribution in [3.8, 4) is 0 Å². The molecule has 0 aromatic carbocycles. The standard InChI is InChI=1S/C11H18N8S2/c1-5-19(6-2)8-13-7(12)14-9(15-8)20-11-17-16-10(21-11)18(3)4/h5-6H2,1-4H3,(H2,12,13,14,15). The first-order valence-electron chi connectivity index (χ1n) is 6.48. The monoisotopic (exact) mass is 326 g/mol. The molecule has 0 aliphatic carbocycles. The van der Waals surface area contributed by atoms with Crippen LogP contribution in [0.4, 0.5) is 17.0 Å². The maximum absolute atomic E-state index is 5.77. The van der Waals surface area contributed by atoms with Gasteiger partial charge in [0.15, 0.2) is 4.34 Å². The van der Waals surface area contributed by atoms with Crippen molar-refractivity contribution in [3.05, 3.63) is 0 Å². The number of rotatable bonds is 6. The van der Waals surface area contributed by atoms with Crippen molar-refractivity contribution in [3.63, 3.8) is 0 Å². The summed E-state index contributed by atoms with van der Waals surface area (Å²) in [6.07, 6.45) is 0. The van der Waals surface area contributed by atoms with Gasteiger partial charge in [0.1, 0.15) is 0 Å². The molecule has 2 N–H and O–H groups in total. The summed E-state index contributed by atoms with van der Waals surface area (Å²) >= 11 is 2.82. The van der Waals surface area contributed by atoms with Crippen LogP contribution in [0.25, 0.3) is 0 Å². The molecule has 2 rings (SSSR count). The topological polar surface area (TPSA) is 97.0 Å². The van der Waals surface area contributed by atoms with Gasteiger partial charge >= 0.3 is 0 Å². The largest absolute Gasteiger partial charge is 0.368 e. The number of nitrogen functional groups attached to an aromatic ring is 1. The van der Waals surface area contributed by atoms with Crippen LogP contribution in [0, 0.1) is 0 Å². The molecule has 2 heterocycles. The van der Waals surface area contributed by atoms with E-state index in [4.69, 9.17) is 5.73 Å². The molecule has 0 fully saturated rings. The van der Waals surface area contributed by atoms with E-state index in [9.17, 15) is 0 Å². The minimum absolute atomic E-state index is 0.215. The molecule has 114 valence electrons. The molecule has 10 heteroatoms. The van der Waals surface area contributed by atoms with Crippen LogP contribution in [-0.2, 0) is 0 Å². The smallest absolute Gasteiger partial charge is 0.231 e. The normalized spacial score (nSPS) is 10.7. The summed E-state index contributed by atoms with van der Waals surface area (Å²) in [6.45, 7) is 5.72. The van der Waals surface area contributed by atoms with Crippen LogP contribution < -0.4 is 15.5 Å². The van der Waals surface area contributed by atoms with E-state index in [-0.39, 0.29) is 5.95 Å². The summed E-state index contributed by atoms with van der Waals surface area (Å²) in [5.41, 5.74) is 5.77. The van der Waals surface area contributed by atoms with E-state index in [1.54, 1.807) is 0 Å². The first-order valence-corrected chi connectivity index (χ1v) is 8.12. The third-order valence-electron chi connectivity index (χ3n) is 2.62. The Hall–Kier alpha value is -1.68. The molecule has 0 bridgehead atoms. The number of hydrogen-bond donors (Lipinski definition) is 1. The molecule has 0 saturated heterocycles. The predicted octanol–water partition coefficient (Wildman–Crippen LogP) is 1.37. The fourth-order valence-electron chi connectivity index (χ4n) is 1.56. The van der Waals surface area contributed by atoms with Gasteiger partial charge in [-0.05, 0) is 25.6 Å². The Bertz CT molecular complexity index is 596. The van der Waals surface area contributed by atoms with Gasteiger partial charge in [0.25, 0.3) is 0 Å². The zero-order valence-corrected chi connectivity index (χ0v) is 14.1. The Morgan fingerprint density at radius 3 is 2.38 bits per heavy atom. The zero-order chi connectivity index (χ0) is 15.4. The van der Waals surface area contributed by atoms with E-state index in [2.05, 4.69) is 25.1 Å². The number of hydrogen-bond acceptors (Lipinski definition) is 10. The minimum atomic E-state index is 0.215. The molecular formula is C11H18N8S2. The summed E-state index contributed by atoms with van der Waals surface area (Å²) in [5.74, 6) is 0.805. The molecule has 0 saturated carbocycles. The van der Waals surface area contributed by atoms with Gasteiger partial charge in [-0.25, -0.2) is 0 Å². The average Bonchev–Trinajstić information content (AvgIpc) is 2.88. The molecule has 0 aliphatic heterocycles. The van der Waals surface area contributed by atoms with Gasteiger partial charge in [0.2, 0.25) is 22.2 Å². The number of aromatic nitrogens is 5. The first-order chi connectivity index (χ1) is 10.0. The van der Waals surface area contributed by atoms with E-state index < -0.39 is 0 Å². The molecular weight excluding hydrogens is 308 g/mol. The van der Waals surface area contributed by atoms with Crippen LogP contribution in [-0.4, -0.2) is 52.3 Å². The van der Waals surface area contributed by atoms with Crippen molar-refractivity contribution in [2.24, 2.45) is 0 Å². The van der Waals surface area contributed by atoms with Gasteiger partial charge in [-0.2, -0.15) is 15.0 Å². The van der Waals surface area contributed by atoms with Gasteiger partial charge in [-0.3, -0.25) is 0 Å². The van der Waals surface area contributed by atoms with E-state index in [0.29, 0.717) is 11.1 Å². The van der Waals surface area contributed by atoms with Gasteiger partial charge in [-0.15, -0.1) is 10.2 Å². The van der Waals surface area contributed by atoms with Gasteiger partial charge in [0, 0.05) is 27.2 Å². The van der Waals surface area contributed by atoms with Crippen molar-refractivity contribution in [2.75, 3.05) is 42.7 Å². The third-order valence-corrected chi connectivity index (χ3v) is 4.63. The summed E-state index contributed by atoms with van der Waals surface area (Å²) < 4.78 is 0.773. The lowest BCUT2D eigenvalue weighted by molar-refractivity contribution is 0.786. The molecule has 8 nitrogen and oxygen atoms in total. The lowest BCUT2D eigenvalue weighted by Crippen LogP contribution is -2.25. The molecule has 2 aromatic heterocycles. The van der Waals surface area contributed by atoms with E-state index in [1.807, 2.05) is 37.7 Å². The SMILES string of the molecule is CCN(CC)c1nc(N)nc(Sc2nnc(N(C)C)s2)n1. The average molecular weight is 326 g/mol. The number of nitrogens with two attached hydrogens (primary N) is 1. The highest BCUT2D eigenvalue weighted by Crippen LogP contribution is 2.31. The van der Waals surface area contributed by atoms with Crippen molar-refractivity contribution in [1.82, 2.24) is 25.1 Å². The number of anilines is 3. The van der Waals surface area contributed by atoms with Crippen LogP contribution in [0.15, 0.2) is 9.50 Å². The Labute approximate surface area is 131 Å². The Balaban J connectivity index is 2.22. The second-order valence-electron chi connectivity index (χ2n) is 4.30. The van der Waals surface area contributed by atoms with Crippen LogP contribution in [0.3, 0.4) is 0 Å². The summed E-state index contributed by atoms with van der Waals surface area (Å²) in [5, 5.41) is 9.57. The van der Waals surface area contributed by atoms with Crippen molar-refractivity contribution >= 4 is 40.1 Å². The maximum atomic E-state index is 5.77. The lowest BCUT2D eigenvalue weighted by atomic mass is 10.5. The molecule has 21 heavy (non-hydrogen) atoms. The van der Waals surface area contributed by atoms with Gasteiger partial charge in [0.05, 0.1) is 0 Å². The van der Waals surface area contributed by atoms with Crippen molar-refractivity contribution in [1.29, 1.82) is 0 Å². The van der Waals surface area contributed by atoms with Crippen LogP contribution in [0.1, 0.15) is 13.8 Å². The fourth-order valence-corrected chi connectivity index (χ4v) is 3.18. The predicted molar refractivity (Wildman–Crippen MR) is 86.2 cm³/mol. The summed E-state index contributed by atoms with van der Waals surface area (Å²) in [7, 11) is 3.85. The van der Waals surface area contributed by atoms with E-state index in [0.717, 1.165) is 22.6 Å². The Morgan fingerprint density at radius 1 is 1.10 bits per heavy atom. The van der Waals surface area contributed by atoms with Gasteiger partial charge < -0.3 is 15.5 Å². The highest BCUT2D eigenvalue weighted by molar-refractivity contribution is 8.00. The second kappa shape index (κ2) is 6.85. The van der Waals surface area contributed by atoms with Crippen molar-refractivity contribution < 1.29 is 0 Å². The summed E-state index contributed by atoms with van der Waals surface area (Å²) in [4.78, 5) is 16.7. The molecule has 0 unspecified atom stereocenters. The number of nitrogens with zero attached hydrogens (tertiary/aromatic N) is 7. The molecule has 2 aromatic rings.